The molecule has 0 spiro atoms. The van der Waals surface area contributed by atoms with Gasteiger partial charge in [-0.3, -0.25) is 4.79 Å². The van der Waals surface area contributed by atoms with Crippen molar-refractivity contribution in [1.82, 2.24) is 15.0 Å². The topological polar surface area (TPSA) is 58.6 Å². The van der Waals surface area contributed by atoms with Crippen molar-refractivity contribution in [2.75, 3.05) is 0 Å². The quantitative estimate of drug-likeness (QED) is 0.805. The minimum absolute atomic E-state index is 0.00851. The Hall–Kier alpha value is -1.97. The van der Waals surface area contributed by atoms with Crippen LogP contribution in [0.5, 0.6) is 0 Å². The summed E-state index contributed by atoms with van der Waals surface area (Å²) in [6.07, 6.45) is 2.77. The summed E-state index contributed by atoms with van der Waals surface area (Å²) >= 11 is 0. The molecule has 1 aliphatic carbocycles. The van der Waals surface area contributed by atoms with Crippen molar-refractivity contribution >= 4 is 0 Å². The van der Waals surface area contributed by atoms with Gasteiger partial charge in [0.25, 0.3) is 5.56 Å². The molecular formula is C13H13N3O. The van der Waals surface area contributed by atoms with Crippen LogP contribution in [0.2, 0.25) is 0 Å². The van der Waals surface area contributed by atoms with Gasteiger partial charge in [-0.05, 0) is 38.3 Å². The number of aryl methyl sites for hydroxylation is 2. The fourth-order valence-electron chi connectivity index (χ4n) is 2.24. The maximum absolute atomic E-state index is 11.9. The average Bonchev–Trinajstić information content (AvgIpc) is 2.77. The van der Waals surface area contributed by atoms with Gasteiger partial charge in [0.15, 0.2) is 5.82 Å². The molecule has 0 saturated carbocycles. The van der Waals surface area contributed by atoms with Gasteiger partial charge in [0.05, 0.1) is 5.69 Å². The minimum Gasteiger partial charge on any atom is -0.305 e. The summed E-state index contributed by atoms with van der Waals surface area (Å²) in [4.78, 5) is 23.6. The molecule has 0 amide bonds. The molecule has 0 fully saturated rings. The standard InChI is InChI=1S/C13H13N3O/c1-8-4-2-7-11(14-8)12-15-10-6-3-5-9(10)13(17)16-12/h2,4,7H,3,5-6H2,1H3,(H,15,16,17). The first-order valence-electron chi connectivity index (χ1n) is 5.80. The molecule has 0 unspecified atom stereocenters. The zero-order chi connectivity index (χ0) is 11.8. The number of H-pyrrole nitrogens is 1. The summed E-state index contributed by atoms with van der Waals surface area (Å²) in [6.45, 7) is 1.93. The fraction of sp³-hybridized carbons (Fsp3) is 0.308. The molecule has 1 aliphatic rings. The van der Waals surface area contributed by atoms with Crippen LogP contribution in [-0.4, -0.2) is 15.0 Å². The third-order valence-corrected chi connectivity index (χ3v) is 3.07. The Morgan fingerprint density at radius 2 is 2.12 bits per heavy atom. The predicted octanol–water partition coefficient (Wildman–Crippen LogP) is 1.63. The van der Waals surface area contributed by atoms with Crippen molar-refractivity contribution < 1.29 is 0 Å². The second-order valence-electron chi connectivity index (χ2n) is 4.36. The highest BCUT2D eigenvalue weighted by molar-refractivity contribution is 5.50. The van der Waals surface area contributed by atoms with E-state index in [1.165, 1.54) is 0 Å². The van der Waals surface area contributed by atoms with Crippen LogP contribution in [0, 0.1) is 6.92 Å². The van der Waals surface area contributed by atoms with Crippen LogP contribution in [0.1, 0.15) is 23.4 Å². The van der Waals surface area contributed by atoms with Crippen LogP contribution in [0.25, 0.3) is 11.5 Å². The van der Waals surface area contributed by atoms with E-state index in [0.717, 1.165) is 41.9 Å². The smallest absolute Gasteiger partial charge is 0.254 e. The molecule has 0 bridgehead atoms. The molecule has 4 heteroatoms. The number of hydrogen-bond donors (Lipinski definition) is 1. The van der Waals surface area contributed by atoms with Gasteiger partial charge in [-0.1, -0.05) is 6.07 Å². The fourth-order valence-corrected chi connectivity index (χ4v) is 2.24. The lowest BCUT2D eigenvalue weighted by Gasteiger charge is -2.03. The van der Waals surface area contributed by atoms with Crippen molar-refractivity contribution in [3.8, 4) is 11.5 Å². The van der Waals surface area contributed by atoms with Crippen LogP contribution in [0.15, 0.2) is 23.0 Å². The average molecular weight is 227 g/mol. The van der Waals surface area contributed by atoms with Gasteiger partial charge in [-0.15, -0.1) is 0 Å². The zero-order valence-corrected chi connectivity index (χ0v) is 9.66. The molecule has 0 aliphatic heterocycles. The number of aromatic nitrogens is 3. The first-order chi connectivity index (χ1) is 8.24. The van der Waals surface area contributed by atoms with Crippen LogP contribution in [0.4, 0.5) is 0 Å². The van der Waals surface area contributed by atoms with E-state index in [2.05, 4.69) is 15.0 Å². The van der Waals surface area contributed by atoms with Gasteiger partial charge in [-0.25, -0.2) is 9.97 Å². The highest BCUT2D eigenvalue weighted by Crippen LogP contribution is 2.19. The summed E-state index contributed by atoms with van der Waals surface area (Å²) in [5.41, 5.74) is 3.43. The maximum atomic E-state index is 11.9. The van der Waals surface area contributed by atoms with E-state index in [-0.39, 0.29) is 5.56 Å². The zero-order valence-electron chi connectivity index (χ0n) is 9.66. The van der Waals surface area contributed by atoms with E-state index in [9.17, 15) is 4.79 Å². The molecular weight excluding hydrogens is 214 g/mol. The second kappa shape index (κ2) is 3.80. The molecule has 2 aromatic heterocycles. The monoisotopic (exact) mass is 227 g/mol. The third-order valence-electron chi connectivity index (χ3n) is 3.07. The summed E-state index contributed by atoms with van der Waals surface area (Å²) in [7, 11) is 0. The van der Waals surface area contributed by atoms with E-state index in [0.29, 0.717) is 5.82 Å². The van der Waals surface area contributed by atoms with E-state index in [1.807, 2.05) is 25.1 Å². The first-order valence-corrected chi connectivity index (χ1v) is 5.80. The number of hydrogen-bond acceptors (Lipinski definition) is 3. The number of rotatable bonds is 1. The van der Waals surface area contributed by atoms with Crippen molar-refractivity contribution in [2.45, 2.75) is 26.2 Å². The molecule has 2 aromatic rings. The lowest BCUT2D eigenvalue weighted by atomic mass is 10.2. The molecule has 0 radical (unpaired) electrons. The van der Waals surface area contributed by atoms with Gasteiger partial charge in [0.2, 0.25) is 0 Å². The van der Waals surface area contributed by atoms with E-state index in [4.69, 9.17) is 0 Å². The van der Waals surface area contributed by atoms with Crippen molar-refractivity contribution in [3.63, 3.8) is 0 Å². The van der Waals surface area contributed by atoms with E-state index < -0.39 is 0 Å². The Labute approximate surface area is 98.8 Å². The van der Waals surface area contributed by atoms with Crippen molar-refractivity contribution in [3.05, 3.63) is 45.5 Å². The Bertz CT molecular complexity index is 631. The number of nitrogens with one attached hydrogen (secondary N) is 1. The summed E-state index contributed by atoms with van der Waals surface area (Å²) < 4.78 is 0. The van der Waals surface area contributed by atoms with Gasteiger partial charge in [-0.2, -0.15) is 0 Å². The number of nitrogens with zero attached hydrogens (tertiary/aromatic N) is 2. The SMILES string of the molecule is Cc1cccc(-c2nc3c(c(=O)[nH]2)CCC3)n1. The molecule has 1 N–H and O–H groups in total. The number of fused-ring (bicyclic) bond motifs is 1. The summed E-state index contributed by atoms with van der Waals surface area (Å²) in [5.74, 6) is 0.583. The number of aromatic amines is 1. The Morgan fingerprint density at radius 3 is 2.94 bits per heavy atom. The second-order valence-corrected chi connectivity index (χ2v) is 4.36. The molecule has 86 valence electrons. The molecule has 0 atom stereocenters. The van der Waals surface area contributed by atoms with Gasteiger partial charge in [0.1, 0.15) is 5.69 Å². The van der Waals surface area contributed by atoms with Gasteiger partial charge < -0.3 is 4.98 Å². The van der Waals surface area contributed by atoms with Crippen LogP contribution in [0.3, 0.4) is 0 Å². The Morgan fingerprint density at radius 1 is 1.24 bits per heavy atom. The van der Waals surface area contributed by atoms with Crippen LogP contribution < -0.4 is 5.56 Å². The predicted molar refractivity (Wildman–Crippen MR) is 64.9 cm³/mol. The lowest BCUT2D eigenvalue weighted by Crippen LogP contribution is -2.15. The van der Waals surface area contributed by atoms with Gasteiger partial charge >= 0.3 is 0 Å². The highest BCUT2D eigenvalue weighted by Gasteiger charge is 2.17. The molecule has 4 nitrogen and oxygen atoms in total. The Balaban J connectivity index is 2.16. The van der Waals surface area contributed by atoms with E-state index in [1.54, 1.807) is 0 Å². The summed E-state index contributed by atoms with van der Waals surface area (Å²) in [5, 5.41) is 0. The lowest BCUT2D eigenvalue weighted by molar-refractivity contribution is 0.898. The minimum atomic E-state index is -0.00851. The molecule has 0 aromatic carbocycles. The largest absolute Gasteiger partial charge is 0.305 e. The van der Waals surface area contributed by atoms with Crippen molar-refractivity contribution in [1.29, 1.82) is 0 Å². The third kappa shape index (κ3) is 1.75. The van der Waals surface area contributed by atoms with Crippen molar-refractivity contribution in [2.24, 2.45) is 0 Å². The normalized spacial score (nSPS) is 13.7. The van der Waals surface area contributed by atoms with Gasteiger partial charge in [0, 0.05) is 11.3 Å². The Kier molecular flexibility index (Phi) is 2.28. The first kappa shape index (κ1) is 10.2. The molecule has 3 rings (SSSR count). The maximum Gasteiger partial charge on any atom is 0.254 e. The molecule has 2 heterocycles. The molecule has 0 saturated heterocycles. The molecule has 17 heavy (non-hydrogen) atoms. The van der Waals surface area contributed by atoms with E-state index >= 15 is 0 Å². The van der Waals surface area contributed by atoms with Crippen LogP contribution in [-0.2, 0) is 12.8 Å². The van der Waals surface area contributed by atoms with Crippen LogP contribution >= 0.6 is 0 Å². The number of pyridine rings is 1. The summed E-state index contributed by atoms with van der Waals surface area (Å²) in [6, 6.07) is 5.71. The highest BCUT2D eigenvalue weighted by atomic mass is 16.1.